The van der Waals surface area contributed by atoms with Gasteiger partial charge in [0.2, 0.25) is 0 Å². The van der Waals surface area contributed by atoms with Crippen molar-refractivity contribution < 1.29 is 14.6 Å². The van der Waals surface area contributed by atoms with Crippen molar-refractivity contribution in [1.82, 2.24) is 4.98 Å². The molecule has 0 amide bonds. The summed E-state index contributed by atoms with van der Waals surface area (Å²) in [5, 5.41) is 9.74. The summed E-state index contributed by atoms with van der Waals surface area (Å²) in [5.74, 6) is -0.359. The molecule has 1 N–H and O–H groups in total. The van der Waals surface area contributed by atoms with E-state index >= 15 is 0 Å². The summed E-state index contributed by atoms with van der Waals surface area (Å²) in [4.78, 5) is 17.3. The van der Waals surface area contributed by atoms with Crippen molar-refractivity contribution in [1.29, 1.82) is 0 Å². The molecular formula is C22H21NO3S. The fraction of sp³-hybridized carbons (Fsp3) is 0.182. The fourth-order valence-electron chi connectivity index (χ4n) is 3.00. The van der Waals surface area contributed by atoms with Gasteiger partial charge in [0.25, 0.3) is 0 Å². The van der Waals surface area contributed by atoms with Gasteiger partial charge in [-0.1, -0.05) is 30.3 Å². The molecule has 0 bridgehead atoms. The number of carbonyl (C=O) groups excluding carboxylic acids is 1. The van der Waals surface area contributed by atoms with Crippen LogP contribution >= 0.6 is 11.3 Å². The number of aryl methyl sites for hydroxylation is 1. The Kier molecular flexibility index (Phi) is 6.16. The summed E-state index contributed by atoms with van der Waals surface area (Å²) in [6, 6.07) is 13.7. The molecule has 4 nitrogen and oxygen atoms in total. The quantitative estimate of drug-likeness (QED) is 0.640. The van der Waals surface area contributed by atoms with E-state index in [1.54, 1.807) is 17.8 Å². The molecule has 0 fully saturated rings. The van der Waals surface area contributed by atoms with E-state index in [1.807, 2.05) is 49.4 Å². The van der Waals surface area contributed by atoms with E-state index in [0.717, 1.165) is 32.7 Å². The second kappa shape index (κ2) is 8.75. The number of hydrogen-bond donors (Lipinski definition) is 1. The van der Waals surface area contributed by atoms with Crippen LogP contribution in [0.1, 0.15) is 26.4 Å². The highest BCUT2D eigenvalue weighted by Gasteiger charge is 2.15. The highest BCUT2D eigenvalue weighted by molar-refractivity contribution is 7.10. The van der Waals surface area contributed by atoms with E-state index in [-0.39, 0.29) is 12.6 Å². The van der Waals surface area contributed by atoms with Crippen molar-refractivity contribution in [2.24, 2.45) is 0 Å². The van der Waals surface area contributed by atoms with Gasteiger partial charge in [0.1, 0.15) is 0 Å². The van der Waals surface area contributed by atoms with Gasteiger partial charge in [0.15, 0.2) is 0 Å². The number of thiazole rings is 1. The Labute approximate surface area is 162 Å². The second-order valence-corrected chi connectivity index (χ2v) is 7.15. The van der Waals surface area contributed by atoms with E-state index in [2.05, 4.69) is 4.98 Å². The first-order valence-electron chi connectivity index (χ1n) is 8.58. The molecular weight excluding hydrogens is 358 g/mol. The maximum absolute atomic E-state index is 12.2. The molecule has 0 atom stereocenters. The average Bonchev–Trinajstić information content (AvgIpc) is 3.20. The molecule has 2 aromatic carbocycles. The van der Waals surface area contributed by atoms with Crippen LogP contribution in [0.15, 0.2) is 59.7 Å². The number of aliphatic hydroxyl groups excluding tert-OH is 1. The molecule has 3 aromatic rings. The fourth-order valence-corrected chi connectivity index (χ4v) is 3.60. The second-order valence-electron chi connectivity index (χ2n) is 6.23. The predicted octanol–water partition coefficient (Wildman–Crippen LogP) is 4.52. The smallest absolute Gasteiger partial charge is 0.338 e. The Morgan fingerprint density at radius 1 is 1.22 bits per heavy atom. The third-order valence-corrected chi connectivity index (χ3v) is 5.08. The summed E-state index contributed by atoms with van der Waals surface area (Å²) in [6.07, 6.45) is 4.33. The highest BCUT2D eigenvalue weighted by Crippen LogP contribution is 2.29. The van der Waals surface area contributed by atoms with Crippen molar-refractivity contribution >= 4 is 23.4 Å². The lowest BCUT2D eigenvalue weighted by Crippen LogP contribution is -2.05. The van der Waals surface area contributed by atoms with Crippen LogP contribution in [-0.2, 0) is 11.2 Å². The van der Waals surface area contributed by atoms with Gasteiger partial charge < -0.3 is 9.84 Å². The van der Waals surface area contributed by atoms with Crippen molar-refractivity contribution in [3.8, 4) is 11.1 Å². The number of aromatic nitrogens is 1. The van der Waals surface area contributed by atoms with Crippen LogP contribution in [0.25, 0.3) is 17.2 Å². The number of rotatable bonds is 6. The SMILES string of the molecule is COC(=O)c1ccc(C/C(=C\c2cncs2)CO)cc1-c1ccccc1C. The van der Waals surface area contributed by atoms with Gasteiger partial charge >= 0.3 is 5.97 Å². The lowest BCUT2D eigenvalue weighted by molar-refractivity contribution is 0.0601. The Morgan fingerprint density at radius 3 is 2.70 bits per heavy atom. The molecule has 1 aromatic heterocycles. The lowest BCUT2D eigenvalue weighted by atomic mass is 9.92. The number of benzene rings is 2. The number of methoxy groups -OCH3 is 1. The van der Waals surface area contributed by atoms with Crippen LogP contribution < -0.4 is 0 Å². The van der Waals surface area contributed by atoms with Gasteiger partial charge in [0, 0.05) is 11.1 Å². The number of aliphatic hydroxyl groups is 1. The molecule has 3 rings (SSSR count). The Bertz CT molecular complexity index is 961. The monoisotopic (exact) mass is 379 g/mol. The molecule has 5 heteroatoms. The molecule has 27 heavy (non-hydrogen) atoms. The summed E-state index contributed by atoms with van der Waals surface area (Å²) in [5.41, 5.74) is 7.13. The van der Waals surface area contributed by atoms with E-state index in [1.165, 1.54) is 18.4 Å². The lowest BCUT2D eigenvalue weighted by Gasteiger charge is -2.13. The van der Waals surface area contributed by atoms with Gasteiger partial charge in [0.05, 0.1) is 24.8 Å². The summed E-state index contributed by atoms with van der Waals surface area (Å²) < 4.78 is 4.95. The van der Waals surface area contributed by atoms with Gasteiger partial charge in [-0.2, -0.15) is 0 Å². The van der Waals surface area contributed by atoms with E-state index in [9.17, 15) is 9.90 Å². The molecule has 0 aliphatic heterocycles. The molecule has 0 radical (unpaired) electrons. The van der Waals surface area contributed by atoms with Crippen molar-refractivity contribution in [2.75, 3.05) is 13.7 Å². The van der Waals surface area contributed by atoms with Crippen LogP contribution in [0.4, 0.5) is 0 Å². The van der Waals surface area contributed by atoms with Crippen LogP contribution in [0.3, 0.4) is 0 Å². The number of esters is 1. The van der Waals surface area contributed by atoms with Crippen molar-refractivity contribution in [2.45, 2.75) is 13.3 Å². The Morgan fingerprint density at radius 2 is 2.04 bits per heavy atom. The molecule has 0 spiro atoms. The number of carbonyl (C=O) groups is 1. The highest BCUT2D eigenvalue weighted by atomic mass is 32.1. The zero-order valence-corrected chi connectivity index (χ0v) is 16.1. The maximum atomic E-state index is 12.2. The number of hydrogen-bond acceptors (Lipinski definition) is 5. The number of ether oxygens (including phenoxy) is 1. The van der Waals surface area contributed by atoms with E-state index < -0.39 is 0 Å². The van der Waals surface area contributed by atoms with E-state index in [4.69, 9.17) is 4.74 Å². The largest absolute Gasteiger partial charge is 0.465 e. The number of nitrogens with zero attached hydrogens (tertiary/aromatic N) is 1. The molecule has 1 heterocycles. The molecule has 138 valence electrons. The minimum atomic E-state index is -0.359. The van der Waals surface area contributed by atoms with Crippen molar-refractivity contribution in [3.63, 3.8) is 0 Å². The minimum absolute atomic E-state index is 0.0314. The van der Waals surface area contributed by atoms with Crippen LogP contribution in [0.2, 0.25) is 0 Å². The van der Waals surface area contributed by atoms with Gasteiger partial charge in [-0.3, -0.25) is 4.98 Å². The predicted molar refractivity (Wildman–Crippen MR) is 109 cm³/mol. The molecule has 0 aliphatic carbocycles. The normalized spacial score (nSPS) is 11.4. The molecule has 0 unspecified atom stereocenters. The molecule has 0 saturated carbocycles. The first-order valence-corrected chi connectivity index (χ1v) is 9.46. The zero-order valence-electron chi connectivity index (χ0n) is 15.3. The standard InChI is InChI=1S/C22H21NO3S/c1-15-5-3-4-6-19(15)21-11-16(7-8-20(21)22(25)26-2)9-17(13-24)10-18-12-23-14-27-18/h3-8,10-12,14,24H,9,13H2,1-2H3/b17-10+. The Hall–Kier alpha value is -2.76. The molecule has 0 saturated heterocycles. The van der Waals surface area contributed by atoms with Crippen LogP contribution in [0.5, 0.6) is 0 Å². The van der Waals surface area contributed by atoms with Gasteiger partial charge in [-0.15, -0.1) is 11.3 Å². The first-order chi connectivity index (χ1) is 13.1. The summed E-state index contributed by atoms with van der Waals surface area (Å²) >= 11 is 1.53. The van der Waals surface area contributed by atoms with Crippen LogP contribution in [-0.4, -0.2) is 29.8 Å². The average molecular weight is 379 g/mol. The van der Waals surface area contributed by atoms with E-state index in [0.29, 0.717) is 12.0 Å². The van der Waals surface area contributed by atoms with Gasteiger partial charge in [-0.25, -0.2) is 4.79 Å². The zero-order chi connectivity index (χ0) is 19.2. The first kappa shape index (κ1) is 19.0. The van der Waals surface area contributed by atoms with Crippen molar-refractivity contribution in [3.05, 3.63) is 81.3 Å². The van der Waals surface area contributed by atoms with Crippen LogP contribution in [0, 0.1) is 6.92 Å². The summed E-state index contributed by atoms with van der Waals surface area (Å²) in [6.45, 7) is 1.99. The summed E-state index contributed by atoms with van der Waals surface area (Å²) in [7, 11) is 1.39. The third kappa shape index (κ3) is 4.51. The minimum Gasteiger partial charge on any atom is -0.465 e. The Balaban J connectivity index is 2.02. The molecule has 0 aliphatic rings. The van der Waals surface area contributed by atoms with Gasteiger partial charge in [-0.05, 0) is 59.4 Å². The third-order valence-electron chi connectivity index (χ3n) is 4.36. The topological polar surface area (TPSA) is 59.4 Å². The maximum Gasteiger partial charge on any atom is 0.338 e.